The molecule has 1 amide bonds. The number of ether oxygens (including phenoxy) is 1. The number of fused-ring (bicyclic) bond motifs is 2. The topological polar surface area (TPSA) is 50.4 Å². The minimum Gasteiger partial charge on any atom is -0.444 e. The van der Waals surface area contributed by atoms with E-state index in [0.29, 0.717) is 5.92 Å². The minimum atomic E-state index is -0.406. The number of carbonyl (C=O) groups is 1. The quantitative estimate of drug-likeness (QED) is 0.813. The van der Waals surface area contributed by atoms with E-state index in [1.165, 1.54) is 12.8 Å². The number of alkyl carbamates (subject to hydrolysis) is 1. The number of rotatable bonds is 2. The Kier molecular flexibility index (Phi) is 5.29. The van der Waals surface area contributed by atoms with Gasteiger partial charge in [0.25, 0.3) is 0 Å². The van der Waals surface area contributed by atoms with Crippen LogP contribution in [0.1, 0.15) is 33.6 Å². The van der Waals surface area contributed by atoms with Crippen LogP contribution in [0.3, 0.4) is 0 Å². The maximum absolute atomic E-state index is 11.6. The summed E-state index contributed by atoms with van der Waals surface area (Å²) in [5.74, 6) is 2.12. The van der Waals surface area contributed by atoms with Gasteiger partial charge in [-0.2, -0.15) is 0 Å². The fraction of sp³-hybridized carbons (Fsp3) is 0.923. The Morgan fingerprint density at radius 3 is 2.33 bits per heavy atom. The number of amides is 1. The molecule has 1 heterocycles. The molecule has 18 heavy (non-hydrogen) atoms. The van der Waals surface area contributed by atoms with E-state index in [0.717, 1.165) is 31.5 Å². The molecule has 0 aromatic heterocycles. The molecule has 1 saturated carbocycles. The molecule has 2 atom stereocenters. The summed E-state index contributed by atoms with van der Waals surface area (Å²) in [4.78, 5) is 11.6. The number of nitrogens with one attached hydrogen (secondary N) is 2. The summed E-state index contributed by atoms with van der Waals surface area (Å²) in [5, 5.41) is 6.38. The van der Waals surface area contributed by atoms with Crippen LogP contribution < -0.4 is 10.6 Å². The third kappa shape index (κ3) is 4.02. The lowest BCUT2D eigenvalue weighted by Gasteiger charge is -2.31. The van der Waals surface area contributed by atoms with E-state index in [4.69, 9.17) is 4.74 Å². The summed E-state index contributed by atoms with van der Waals surface area (Å²) in [6.07, 6.45) is 2.33. The van der Waals surface area contributed by atoms with Crippen LogP contribution in [-0.4, -0.2) is 31.3 Å². The van der Waals surface area contributed by atoms with Crippen molar-refractivity contribution in [2.24, 2.45) is 17.8 Å². The number of hydrogen-bond acceptors (Lipinski definition) is 3. The van der Waals surface area contributed by atoms with Crippen LogP contribution in [0.2, 0.25) is 0 Å². The third-order valence-corrected chi connectivity index (χ3v) is 3.81. The van der Waals surface area contributed by atoms with E-state index in [2.05, 4.69) is 10.6 Å². The Bertz CT molecular complexity index is 275. The highest BCUT2D eigenvalue weighted by molar-refractivity contribution is 5.85. The van der Waals surface area contributed by atoms with E-state index in [1.807, 2.05) is 20.8 Å². The second-order valence-corrected chi connectivity index (χ2v) is 6.30. The van der Waals surface area contributed by atoms with Crippen LogP contribution in [0.4, 0.5) is 4.79 Å². The second kappa shape index (κ2) is 6.11. The van der Waals surface area contributed by atoms with Gasteiger partial charge in [0.1, 0.15) is 5.60 Å². The van der Waals surface area contributed by atoms with Crippen LogP contribution in [0.5, 0.6) is 0 Å². The zero-order valence-corrected chi connectivity index (χ0v) is 12.3. The van der Waals surface area contributed by atoms with Gasteiger partial charge in [0.15, 0.2) is 0 Å². The molecule has 1 aliphatic heterocycles. The highest BCUT2D eigenvalue weighted by Gasteiger charge is 2.38. The molecule has 106 valence electrons. The number of hydrogen-bond donors (Lipinski definition) is 2. The van der Waals surface area contributed by atoms with Crippen LogP contribution in [0.15, 0.2) is 0 Å². The van der Waals surface area contributed by atoms with Crippen molar-refractivity contribution in [3.05, 3.63) is 0 Å². The van der Waals surface area contributed by atoms with Crippen LogP contribution in [0, 0.1) is 17.8 Å². The van der Waals surface area contributed by atoms with Crippen molar-refractivity contribution in [1.29, 1.82) is 0 Å². The van der Waals surface area contributed by atoms with Crippen LogP contribution in [-0.2, 0) is 4.74 Å². The zero-order chi connectivity index (χ0) is 12.5. The Morgan fingerprint density at radius 2 is 1.83 bits per heavy atom. The molecule has 1 aliphatic carbocycles. The number of piperidine rings is 1. The molecule has 2 fully saturated rings. The molecule has 2 unspecified atom stereocenters. The zero-order valence-electron chi connectivity index (χ0n) is 11.5. The molecular weight excluding hydrogens is 252 g/mol. The van der Waals surface area contributed by atoms with Crippen LogP contribution >= 0.6 is 12.4 Å². The van der Waals surface area contributed by atoms with E-state index in [9.17, 15) is 4.79 Å². The molecular formula is C13H25ClN2O2. The lowest BCUT2D eigenvalue weighted by molar-refractivity contribution is 0.0506. The Balaban J connectivity index is 0.00000162. The first kappa shape index (κ1) is 15.6. The van der Waals surface area contributed by atoms with Gasteiger partial charge in [-0.25, -0.2) is 4.79 Å². The molecule has 1 saturated heterocycles. The van der Waals surface area contributed by atoms with E-state index in [1.54, 1.807) is 0 Å². The first-order valence-electron chi connectivity index (χ1n) is 6.63. The lowest BCUT2D eigenvalue weighted by Crippen LogP contribution is -2.44. The van der Waals surface area contributed by atoms with Crippen molar-refractivity contribution in [3.8, 4) is 0 Å². The Labute approximate surface area is 116 Å². The molecule has 0 aromatic rings. The van der Waals surface area contributed by atoms with Gasteiger partial charge in [-0.3, -0.25) is 0 Å². The maximum Gasteiger partial charge on any atom is 0.407 e. The average molecular weight is 277 g/mol. The molecule has 0 radical (unpaired) electrons. The van der Waals surface area contributed by atoms with Crippen molar-refractivity contribution >= 4 is 18.5 Å². The molecule has 4 nitrogen and oxygen atoms in total. The van der Waals surface area contributed by atoms with Crippen molar-refractivity contribution in [2.45, 2.75) is 39.2 Å². The summed E-state index contributed by atoms with van der Waals surface area (Å²) >= 11 is 0. The molecule has 2 rings (SSSR count). The molecule has 5 heteroatoms. The highest BCUT2D eigenvalue weighted by atomic mass is 35.5. The fourth-order valence-corrected chi connectivity index (χ4v) is 3.05. The first-order valence-corrected chi connectivity index (χ1v) is 6.63. The lowest BCUT2D eigenvalue weighted by atomic mass is 9.86. The third-order valence-electron chi connectivity index (χ3n) is 3.81. The van der Waals surface area contributed by atoms with Gasteiger partial charge in [0.05, 0.1) is 0 Å². The van der Waals surface area contributed by atoms with E-state index >= 15 is 0 Å². The highest BCUT2D eigenvalue weighted by Crippen LogP contribution is 2.38. The monoisotopic (exact) mass is 276 g/mol. The standard InChI is InChI=1S/C13H24N2O2.ClH/c1-13(2,3)17-12(16)15-8-11-9-4-5-10(11)7-14-6-9;/h9-11,14H,4-8H2,1-3H3,(H,15,16);1H. The van der Waals surface area contributed by atoms with Gasteiger partial charge in [0, 0.05) is 6.54 Å². The fourth-order valence-electron chi connectivity index (χ4n) is 3.05. The van der Waals surface area contributed by atoms with Crippen LogP contribution in [0.25, 0.3) is 0 Å². The molecule has 0 spiro atoms. The molecule has 2 aliphatic rings. The Morgan fingerprint density at radius 1 is 1.28 bits per heavy atom. The first-order chi connectivity index (χ1) is 7.96. The van der Waals surface area contributed by atoms with Crippen molar-refractivity contribution in [3.63, 3.8) is 0 Å². The average Bonchev–Trinajstić information content (AvgIpc) is 2.44. The summed E-state index contributed by atoms with van der Waals surface area (Å²) < 4.78 is 5.25. The summed E-state index contributed by atoms with van der Waals surface area (Å²) in [5.41, 5.74) is -0.406. The SMILES string of the molecule is CC(C)(C)OC(=O)NCC1C2CCC1CNC2.Cl. The molecule has 2 bridgehead atoms. The van der Waals surface area contributed by atoms with Crippen molar-refractivity contribution in [2.75, 3.05) is 19.6 Å². The smallest absolute Gasteiger partial charge is 0.407 e. The summed E-state index contributed by atoms with van der Waals surface area (Å²) in [6.45, 7) is 8.66. The maximum atomic E-state index is 11.6. The van der Waals surface area contributed by atoms with Gasteiger partial charge >= 0.3 is 6.09 Å². The Hall–Kier alpha value is -0.480. The normalized spacial score (nSPS) is 30.5. The minimum absolute atomic E-state index is 0. The predicted molar refractivity (Wildman–Crippen MR) is 74.1 cm³/mol. The number of halogens is 1. The van der Waals surface area contributed by atoms with Gasteiger partial charge in [-0.15, -0.1) is 12.4 Å². The van der Waals surface area contributed by atoms with Gasteiger partial charge < -0.3 is 15.4 Å². The van der Waals surface area contributed by atoms with Crippen molar-refractivity contribution < 1.29 is 9.53 Å². The largest absolute Gasteiger partial charge is 0.444 e. The van der Waals surface area contributed by atoms with E-state index in [-0.39, 0.29) is 18.5 Å². The van der Waals surface area contributed by atoms with Gasteiger partial charge in [0.2, 0.25) is 0 Å². The molecule has 0 aromatic carbocycles. The van der Waals surface area contributed by atoms with Gasteiger partial charge in [-0.05, 0) is 64.5 Å². The number of carbonyl (C=O) groups excluding carboxylic acids is 1. The summed E-state index contributed by atoms with van der Waals surface area (Å²) in [7, 11) is 0. The predicted octanol–water partition coefficient (Wildman–Crippen LogP) is 2.18. The van der Waals surface area contributed by atoms with Crippen molar-refractivity contribution in [1.82, 2.24) is 10.6 Å². The second-order valence-electron chi connectivity index (χ2n) is 6.30. The van der Waals surface area contributed by atoms with Gasteiger partial charge in [-0.1, -0.05) is 0 Å². The molecule has 2 N–H and O–H groups in total. The van der Waals surface area contributed by atoms with E-state index < -0.39 is 5.60 Å². The summed E-state index contributed by atoms with van der Waals surface area (Å²) in [6, 6.07) is 0.